The number of aryl methyl sites for hydroxylation is 1. The molecule has 0 aliphatic carbocycles. The van der Waals surface area contributed by atoms with E-state index in [9.17, 15) is 4.79 Å². The van der Waals surface area contributed by atoms with Gasteiger partial charge in [0.15, 0.2) is 6.10 Å². The van der Waals surface area contributed by atoms with Crippen molar-refractivity contribution in [1.82, 2.24) is 5.32 Å². The van der Waals surface area contributed by atoms with Gasteiger partial charge in [-0.25, -0.2) is 0 Å². The first-order valence-corrected chi connectivity index (χ1v) is 10.0. The van der Waals surface area contributed by atoms with Crippen LogP contribution in [0.2, 0.25) is 0 Å². The smallest absolute Gasteiger partial charge is 0.261 e. The first-order valence-electron chi connectivity index (χ1n) is 8.88. The van der Waals surface area contributed by atoms with Crippen LogP contribution in [-0.2, 0) is 17.0 Å². The summed E-state index contributed by atoms with van der Waals surface area (Å²) < 4.78 is 5.83. The van der Waals surface area contributed by atoms with Crippen LogP contribution in [-0.4, -0.2) is 24.3 Å². The van der Waals surface area contributed by atoms with Gasteiger partial charge in [-0.1, -0.05) is 56.3 Å². The van der Waals surface area contributed by atoms with Gasteiger partial charge in [-0.3, -0.25) is 4.79 Å². The summed E-state index contributed by atoms with van der Waals surface area (Å²) in [6, 6.07) is 18.3. The maximum Gasteiger partial charge on any atom is 0.261 e. The van der Waals surface area contributed by atoms with Crippen LogP contribution < -0.4 is 10.1 Å². The van der Waals surface area contributed by atoms with Crippen molar-refractivity contribution in [2.45, 2.75) is 38.5 Å². The van der Waals surface area contributed by atoms with Crippen LogP contribution >= 0.6 is 11.8 Å². The summed E-state index contributed by atoms with van der Waals surface area (Å²) >= 11 is 1.82. The molecular formula is C21H27NO2S. The van der Waals surface area contributed by atoms with E-state index in [0.717, 1.165) is 23.7 Å². The fourth-order valence-corrected chi connectivity index (χ4v) is 3.23. The lowest BCUT2D eigenvalue weighted by Crippen LogP contribution is -2.39. The van der Waals surface area contributed by atoms with Crippen LogP contribution in [0.15, 0.2) is 54.6 Å². The van der Waals surface area contributed by atoms with Gasteiger partial charge in [0.1, 0.15) is 5.75 Å². The van der Waals surface area contributed by atoms with Crippen LogP contribution in [0.1, 0.15) is 31.4 Å². The Morgan fingerprint density at radius 3 is 2.40 bits per heavy atom. The Balaban J connectivity index is 1.70. The molecule has 134 valence electrons. The van der Waals surface area contributed by atoms with Gasteiger partial charge >= 0.3 is 0 Å². The molecule has 0 unspecified atom stereocenters. The molecule has 1 atom stereocenters. The summed E-state index contributed by atoms with van der Waals surface area (Å²) in [6.45, 7) is 4.74. The quantitative estimate of drug-likeness (QED) is 0.638. The van der Waals surface area contributed by atoms with Crippen molar-refractivity contribution >= 4 is 17.7 Å². The molecule has 0 heterocycles. The third-order valence-electron chi connectivity index (χ3n) is 3.93. The van der Waals surface area contributed by atoms with E-state index in [1.54, 1.807) is 0 Å². The van der Waals surface area contributed by atoms with Crippen molar-refractivity contribution in [3.8, 4) is 5.75 Å². The van der Waals surface area contributed by atoms with Gasteiger partial charge in [0, 0.05) is 18.1 Å². The molecule has 1 amide bonds. The predicted molar refractivity (Wildman–Crippen MR) is 106 cm³/mol. The molecule has 2 aromatic rings. The SMILES string of the molecule is CCc1ccc(O[C@H](CC)C(=O)NCCSCc2ccccc2)cc1. The second-order valence-corrected chi connectivity index (χ2v) is 6.95. The Bertz CT molecular complexity index is 628. The molecule has 0 fully saturated rings. The first kappa shape index (κ1) is 19.4. The summed E-state index contributed by atoms with van der Waals surface area (Å²) in [5.74, 6) is 2.57. The van der Waals surface area contributed by atoms with Gasteiger partial charge < -0.3 is 10.1 Å². The molecule has 0 saturated carbocycles. The number of rotatable bonds is 10. The third-order valence-corrected chi connectivity index (χ3v) is 4.96. The second kappa shape index (κ2) is 10.8. The summed E-state index contributed by atoms with van der Waals surface area (Å²) in [6.07, 6.45) is 1.21. The molecule has 0 radical (unpaired) electrons. The topological polar surface area (TPSA) is 38.3 Å². The molecule has 4 heteroatoms. The Labute approximate surface area is 155 Å². The summed E-state index contributed by atoms with van der Waals surface area (Å²) in [5, 5.41) is 2.98. The average molecular weight is 358 g/mol. The van der Waals surface area contributed by atoms with E-state index in [4.69, 9.17) is 4.74 Å². The Morgan fingerprint density at radius 2 is 1.76 bits per heavy atom. The lowest BCUT2D eigenvalue weighted by atomic mass is 10.2. The van der Waals surface area contributed by atoms with Crippen molar-refractivity contribution in [1.29, 1.82) is 0 Å². The Kier molecular flexibility index (Phi) is 8.40. The number of benzene rings is 2. The molecule has 0 aromatic heterocycles. The fourth-order valence-electron chi connectivity index (χ4n) is 2.41. The van der Waals surface area contributed by atoms with Gasteiger partial charge in [-0.05, 0) is 36.1 Å². The lowest BCUT2D eigenvalue weighted by molar-refractivity contribution is -0.127. The molecule has 0 bridgehead atoms. The number of ether oxygens (including phenoxy) is 1. The van der Waals surface area contributed by atoms with Crippen LogP contribution in [0.3, 0.4) is 0 Å². The molecule has 3 nitrogen and oxygen atoms in total. The minimum atomic E-state index is -0.438. The largest absolute Gasteiger partial charge is 0.481 e. The highest BCUT2D eigenvalue weighted by Crippen LogP contribution is 2.15. The minimum absolute atomic E-state index is 0.0395. The predicted octanol–water partition coefficient (Wildman–Crippen LogP) is 4.46. The Hall–Kier alpha value is -1.94. The zero-order chi connectivity index (χ0) is 17.9. The van der Waals surface area contributed by atoms with Crippen molar-refractivity contribution in [2.75, 3.05) is 12.3 Å². The highest BCUT2D eigenvalue weighted by Gasteiger charge is 2.17. The van der Waals surface area contributed by atoms with Gasteiger partial charge in [-0.15, -0.1) is 0 Å². The lowest BCUT2D eigenvalue weighted by Gasteiger charge is -2.17. The molecule has 0 aliphatic rings. The minimum Gasteiger partial charge on any atom is -0.481 e. The number of hydrogen-bond donors (Lipinski definition) is 1. The maximum atomic E-state index is 12.3. The monoisotopic (exact) mass is 357 g/mol. The summed E-state index contributed by atoms with van der Waals surface area (Å²) in [4.78, 5) is 12.3. The molecule has 25 heavy (non-hydrogen) atoms. The van der Waals surface area contributed by atoms with Crippen LogP contribution in [0, 0.1) is 0 Å². The first-order chi connectivity index (χ1) is 12.2. The van der Waals surface area contributed by atoms with E-state index in [-0.39, 0.29) is 5.91 Å². The van der Waals surface area contributed by atoms with Crippen LogP contribution in [0.4, 0.5) is 0 Å². The van der Waals surface area contributed by atoms with Gasteiger partial charge in [0.25, 0.3) is 5.91 Å². The van der Waals surface area contributed by atoms with Gasteiger partial charge in [0.05, 0.1) is 0 Å². The molecule has 0 saturated heterocycles. The van der Waals surface area contributed by atoms with Crippen molar-refractivity contribution in [3.05, 3.63) is 65.7 Å². The van der Waals surface area contributed by atoms with Crippen molar-refractivity contribution < 1.29 is 9.53 Å². The molecule has 2 rings (SSSR count). The molecule has 0 spiro atoms. The number of carbonyl (C=O) groups is 1. The maximum absolute atomic E-state index is 12.3. The van der Waals surface area contributed by atoms with E-state index in [1.807, 2.05) is 61.2 Å². The van der Waals surface area contributed by atoms with Gasteiger partial charge in [0.2, 0.25) is 0 Å². The standard InChI is InChI=1S/C21H27NO2S/c1-3-17-10-12-19(13-11-17)24-20(4-2)21(23)22-14-15-25-16-18-8-6-5-7-9-18/h5-13,20H,3-4,14-16H2,1-2H3,(H,22,23)/t20-/m1/s1. The third kappa shape index (κ3) is 6.83. The van der Waals surface area contributed by atoms with Crippen molar-refractivity contribution in [3.63, 3.8) is 0 Å². The highest BCUT2D eigenvalue weighted by atomic mass is 32.2. The van der Waals surface area contributed by atoms with E-state index in [2.05, 4.69) is 24.4 Å². The van der Waals surface area contributed by atoms with Crippen LogP contribution in [0.5, 0.6) is 5.75 Å². The van der Waals surface area contributed by atoms with Gasteiger partial charge in [-0.2, -0.15) is 11.8 Å². The fraction of sp³-hybridized carbons (Fsp3) is 0.381. The molecule has 1 N–H and O–H groups in total. The number of nitrogens with one attached hydrogen (secondary N) is 1. The Morgan fingerprint density at radius 1 is 1.04 bits per heavy atom. The number of thioether (sulfide) groups is 1. The van der Waals surface area contributed by atoms with Crippen LogP contribution in [0.25, 0.3) is 0 Å². The van der Waals surface area contributed by atoms with E-state index >= 15 is 0 Å². The van der Waals surface area contributed by atoms with Crippen molar-refractivity contribution in [2.24, 2.45) is 0 Å². The van der Waals surface area contributed by atoms with E-state index in [1.165, 1.54) is 11.1 Å². The second-order valence-electron chi connectivity index (χ2n) is 5.84. The van der Waals surface area contributed by atoms with E-state index in [0.29, 0.717) is 13.0 Å². The number of carbonyl (C=O) groups excluding carboxylic acids is 1. The summed E-state index contributed by atoms with van der Waals surface area (Å²) in [7, 11) is 0. The molecule has 2 aromatic carbocycles. The summed E-state index contributed by atoms with van der Waals surface area (Å²) in [5.41, 5.74) is 2.57. The zero-order valence-electron chi connectivity index (χ0n) is 15.0. The number of hydrogen-bond acceptors (Lipinski definition) is 3. The zero-order valence-corrected chi connectivity index (χ0v) is 15.9. The number of amides is 1. The molecule has 0 aliphatic heterocycles. The average Bonchev–Trinajstić information content (AvgIpc) is 2.67. The van der Waals surface area contributed by atoms with E-state index < -0.39 is 6.10 Å². The molecular weight excluding hydrogens is 330 g/mol. The normalized spacial score (nSPS) is 11.8. The highest BCUT2D eigenvalue weighted by molar-refractivity contribution is 7.98.